The van der Waals surface area contributed by atoms with Gasteiger partial charge in [0.1, 0.15) is 0 Å². The van der Waals surface area contributed by atoms with E-state index in [0.717, 1.165) is 77.8 Å². The van der Waals surface area contributed by atoms with Gasteiger partial charge in [-0.15, -0.1) is 0 Å². The maximum Gasteiger partial charge on any atom is 0.0667 e. The molecule has 288 valence electrons. The number of unbranched alkanes of at least 4 members (excludes halogenated alkanes) is 22. The molecule has 2 atom stereocenters. The molecule has 0 aliphatic rings. The minimum atomic E-state index is -0.268. The summed E-state index contributed by atoms with van der Waals surface area (Å²) in [5.74, 6) is 0. The molecule has 0 heterocycles. The minimum absolute atomic E-state index is 0.268. The first kappa shape index (κ1) is 47.5. The van der Waals surface area contributed by atoms with E-state index in [0.29, 0.717) is 13.1 Å². The van der Waals surface area contributed by atoms with Crippen molar-refractivity contribution in [1.29, 1.82) is 0 Å². The molecule has 2 unspecified atom stereocenters. The van der Waals surface area contributed by atoms with E-state index >= 15 is 0 Å². The molecule has 0 aliphatic carbocycles. The van der Waals surface area contributed by atoms with Crippen molar-refractivity contribution in [1.82, 2.24) is 9.80 Å². The summed E-state index contributed by atoms with van der Waals surface area (Å²) >= 11 is 0. The van der Waals surface area contributed by atoms with E-state index < -0.39 is 0 Å². The summed E-state index contributed by atoms with van der Waals surface area (Å²) in [6, 6.07) is 0. The van der Waals surface area contributed by atoms with Crippen molar-refractivity contribution >= 4 is 0 Å². The highest BCUT2D eigenvalue weighted by Crippen LogP contribution is 2.15. The standard InChI is InChI=1S/C42H88N4O2/c1-3-5-7-9-11-13-15-17-19-21-23-25-31-41(47)39-45(37-29-33-43)35-27-28-36-46(38-30-34-44)40-42(48)32-26-24-22-20-18-16-14-12-10-8-6-4-2/h27-28,41-42,47-48H,3-26,29-40,43-44H2,1-2H3/b28-27+. The first-order chi connectivity index (χ1) is 23.6. The number of nitrogens with zero attached hydrogens (tertiary/aromatic N) is 2. The monoisotopic (exact) mass is 681 g/mol. The van der Waals surface area contributed by atoms with E-state index in [1.54, 1.807) is 0 Å². The van der Waals surface area contributed by atoms with Crippen molar-refractivity contribution in [2.24, 2.45) is 11.5 Å². The molecule has 0 radical (unpaired) electrons. The normalized spacial score (nSPS) is 13.4. The summed E-state index contributed by atoms with van der Waals surface area (Å²) < 4.78 is 0. The zero-order chi connectivity index (χ0) is 35.2. The molecule has 6 heteroatoms. The van der Waals surface area contributed by atoms with Gasteiger partial charge in [0.05, 0.1) is 12.2 Å². The van der Waals surface area contributed by atoms with E-state index in [2.05, 4.69) is 35.8 Å². The van der Waals surface area contributed by atoms with E-state index in [1.165, 1.54) is 141 Å². The van der Waals surface area contributed by atoms with Gasteiger partial charge in [0.15, 0.2) is 0 Å². The molecule has 0 amide bonds. The smallest absolute Gasteiger partial charge is 0.0667 e. The highest BCUT2D eigenvalue weighted by molar-refractivity contribution is 4.89. The first-order valence-corrected chi connectivity index (χ1v) is 21.4. The average Bonchev–Trinajstić information content (AvgIpc) is 3.08. The van der Waals surface area contributed by atoms with Crippen LogP contribution < -0.4 is 11.5 Å². The van der Waals surface area contributed by atoms with Crippen LogP contribution in [0.15, 0.2) is 12.2 Å². The molecule has 6 nitrogen and oxygen atoms in total. The average molecular weight is 681 g/mol. The van der Waals surface area contributed by atoms with Crippen LogP contribution in [0.3, 0.4) is 0 Å². The third kappa shape index (κ3) is 35.3. The SMILES string of the molecule is CCCCCCCCCCCCCCC(O)CN(C/C=C/CN(CCCN)CC(O)CCCCCCCCCCCCCC)CCCN. The van der Waals surface area contributed by atoms with Crippen LogP contribution in [0.4, 0.5) is 0 Å². The number of nitrogens with two attached hydrogens (primary N) is 2. The summed E-state index contributed by atoms with van der Waals surface area (Å²) in [6.45, 7) is 10.9. The van der Waals surface area contributed by atoms with Crippen LogP contribution in [0.2, 0.25) is 0 Å². The third-order valence-corrected chi connectivity index (χ3v) is 9.97. The predicted molar refractivity (Wildman–Crippen MR) is 213 cm³/mol. The summed E-state index contributed by atoms with van der Waals surface area (Å²) in [5, 5.41) is 21.5. The van der Waals surface area contributed by atoms with E-state index in [9.17, 15) is 10.2 Å². The van der Waals surface area contributed by atoms with Crippen LogP contribution in [0.1, 0.15) is 194 Å². The largest absolute Gasteiger partial charge is 0.392 e. The Kier molecular flexibility index (Phi) is 38.9. The van der Waals surface area contributed by atoms with Gasteiger partial charge >= 0.3 is 0 Å². The fraction of sp³-hybridized carbons (Fsp3) is 0.952. The highest BCUT2D eigenvalue weighted by atomic mass is 16.3. The molecule has 0 bridgehead atoms. The van der Waals surface area contributed by atoms with E-state index in [4.69, 9.17) is 11.5 Å². The third-order valence-electron chi connectivity index (χ3n) is 9.97. The molecule has 0 aromatic carbocycles. The Bertz CT molecular complexity index is 583. The number of rotatable bonds is 40. The van der Waals surface area contributed by atoms with Crippen molar-refractivity contribution in [3.05, 3.63) is 12.2 Å². The Hall–Kier alpha value is -0.500. The van der Waals surface area contributed by atoms with Gasteiger partial charge < -0.3 is 21.7 Å². The zero-order valence-electron chi connectivity index (χ0n) is 32.7. The lowest BCUT2D eigenvalue weighted by atomic mass is 10.0. The summed E-state index contributed by atoms with van der Waals surface area (Å²) in [7, 11) is 0. The van der Waals surface area contributed by atoms with Gasteiger partial charge in [0, 0.05) is 26.2 Å². The van der Waals surface area contributed by atoms with E-state index in [-0.39, 0.29) is 12.2 Å². The van der Waals surface area contributed by atoms with Gasteiger partial charge in [-0.05, 0) is 51.9 Å². The van der Waals surface area contributed by atoms with Crippen molar-refractivity contribution in [3.63, 3.8) is 0 Å². The fourth-order valence-corrected chi connectivity index (χ4v) is 6.81. The Morgan fingerprint density at radius 1 is 0.417 bits per heavy atom. The van der Waals surface area contributed by atoms with Gasteiger partial charge in [-0.25, -0.2) is 0 Å². The van der Waals surface area contributed by atoms with Gasteiger partial charge in [0.2, 0.25) is 0 Å². The predicted octanol–water partition coefficient (Wildman–Crippen LogP) is 9.75. The molecule has 0 rings (SSSR count). The van der Waals surface area contributed by atoms with Crippen LogP contribution in [0.5, 0.6) is 0 Å². The highest BCUT2D eigenvalue weighted by Gasteiger charge is 2.12. The van der Waals surface area contributed by atoms with Crippen LogP contribution in [-0.4, -0.2) is 84.6 Å². The number of hydrogen-bond acceptors (Lipinski definition) is 6. The lowest BCUT2D eigenvalue weighted by Crippen LogP contribution is -2.35. The Balaban J connectivity index is 4.18. The summed E-state index contributed by atoms with van der Waals surface area (Å²) in [5.41, 5.74) is 11.6. The molecule has 0 aromatic heterocycles. The van der Waals surface area contributed by atoms with E-state index in [1.807, 2.05) is 0 Å². The zero-order valence-corrected chi connectivity index (χ0v) is 32.7. The second kappa shape index (κ2) is 39.3. The molecule has 6 N–H and O–H groups in total. The molecule has 0 aliphatic heterocycles. The van der Waals surface area contributed by atoms with Gasteiger partial charge in [-0.1, -0.05) is 180 Å². The van der Waals surface area contributed by atoms with Crippen LogP contribution in [0, 0.1) is 0 Å². The molecular formula is C42H88N4O2. The Labute approximate surface area is 301 Å². The van der Waals surface area contributed by atoms with Crippen molar-refractivity contribution < 1.29 is 10.2 Å². The second-order valence-corrected chi connectivity index (χ2v) is 14.9. The Morgan fingerprint density at radius 3 is 0.958 bits per heavy atom. The molecule has 0 saturated heterocycles. The Morgan fingerprint density at radius 2 is 0.688 bits per heavy atom. The van der Waals surface area contributed by atoms with Crippen LogP contribution >= 0.6 is 0 Å². The maximum absolute atomic E-state index is 10.8. The number of hydrogen-bond donors (Lipinski definition) is 4. The summed E-state index contributed by atoms with van der Waals surface area (Å²) in [4.78, 5) is 4.70. The minimum Gasteiger partial charge on any atom is -0.392 e. The first-order valence-electron chi connectivity index (χ1n) is 21.4. The van der Waals surface area contributed by atoms with Crippen LogP contribution in [-0.2, 0) is 0 Å². The molecule has 0 spiro atoms. The van der Waals surface area contributed by atoms with Crippen LogP contribution in [0.25, 0.3) is 0 Å². The molecule has 0 aromatic rings. The lowest BCUT2D eigenvalue weighted by Gasteiger charge is -2.25. The molecule has 0 saturated carbocycles. The quantitative estimate of drug-likeness (QED) is 0.0380. The number of aliphatic hydroxyl groups excluding tert-OH is 2. The summed E-state index contributed by atoms with van der Waals surface area (Å²) in [6.07, 6.45) is 39.9. The lowest BCUT2D eigenvalue weighted by molar-refractivity contribution is 0.106. The fourth-order valence-electron chi connectivity index (χ4n) is 6.81. The van der Waals surface area contributed by atoms with Gasteiger partial charge in [-0.2, -0.15) is 0 Å². The van der Waals surface area contributed by atoms with Gasteiger partial charge in [-0.3, -0.25) is 9.80 Å². The maximum atomic E-state index is 10.8. The second-order valence-electron chi connectivity index (χ2n) is 14.9. The molecule has 0 fully saturated rings. The van der Waals surface area contributed by atoms with Gasteiger partial charge in [0.25, 0.3) is 0 Å². The van der Waals surface area contributed by atoms with Crippen molar-refractivity contribution in [2.45, 2.75) is 206 Å². The van der Waals surface area contributed by atoms with Crippen molar-refractivity contribution in [3.8, 4) is 0 Å². The van der Waals surface area contributed by atoms with Crippen molar-refractivity contribution in [2.75, 3.05) is 52.4 Å². The molecule has 48 heavy (non-hydrogen) atoms. The topological polar surface area (TPSA) is 99.0 Å². The molecular weight excluding hydrogens is 592 g/mol. The number of aliphatic hydroxyl groups is 2.